The molecule has 2 aromatic carbocycles. The number of halogens is 3. The van der Waals surface area contributed by atoms with Gasteiger partial charge < -0.3 is 20.9 Å². The summed E-state index contributed by atoms with van der Waals surface area (Å²) >= 11 is 0. The van der Waals surface area contributed by atoms with Gasteiger partial charge in [0.1, 0.15) is 0 Å². The summed E-state index contributed by atoms with van der Waals surface area (Å²) in [5.41, 5.74) is 9.13. The highest BCUT2D eigenvalue weighted by atomic mass is 19.4. The van der Waals surface area contributed by atoms with E-state index in [1.807, 2.05) is 13.8 Å². The zero-order valence-corrected chi connectivity index (χ0v) is 25.8. The van der Waals surface area contributed by atoms with Crippen LogP contribution in [0.4, 0.5) is 30.2 Å². The summed E-state index contributed by atoms with van der Waals surface area (Å²) in [6.07, 6.45) is 3.03. The fraction of sp³-hybridized carbons (Fsp3) is 0.588. The Kier molecular flexibility index (Phi) is 11.5. The van der Waals surface area contributed by atoms with E-state index in [0.717, 1.165) is 63.8 Å². The molecule has 3 N–H and O–H groups in total. The van der Waals surface area contributed by atoms with E-state index in [4.69, 9.17) is 5.73 Å². The van der Waals surface area contributed by atoms with E-state index < -0.39 is 11.7 Å². The number of rotatable bonds is 9. The average molecular weight is 573 g/mol. The molecule has 0 aliphatic carbocycles. The van der Waals surface area contributed by atoms with E-state index in [2.05, 4.69) is 66.7 Å². The molecule has 4 rings (SSSR count). The van der Waals surface area contributed by atoms with Gasteiger partial charge in [-0.3, -0.25) is 0 Å². The molecule has 7 heteroatoms. The molecule has 41 heavy (non-hydrogen) atoms. The van der Waals surface area contributed by atoms with Crippen LogP contribution < -0.4 is 16.0 Å². The van der Waals surface area contributed by atoms with E-state index in [1.165, 1.54) is 42.3 Å². The summed E-state index contributed by atoms with van der Waals surface area (Å²) in [5, 5.41) is 3.28. The number of nitrogens with two attached hydrogens (primary N) is 1. The maximum atomic E-state index is 13.2. The summed E-state index contributed by atoms with van der Waals surface area (Å²) in [7, 11) is 0. The van der Waals surface area contributed by atoms with Crippen molar-refractivity contribution in [2.45, 2.75) is 97.2 Å². The largest absolute Gasteiger partial charge is 0.418 e. The molecule has 228 valence electrons. The van der Waals surface area contributed by atoms with E-state index >= 15 is 0 Å². The minimum atomic E-state index is -4.45. The predicted octanol–water partition coefficient (Wildman–Crippen LogP) is 9.09. The molecule has 2 aliphatic rings. The average Bonchev–Trinajstić information content (AvgIpc) is 2.98. The van der Waals surface area contributed by atoms with Crippen molar-refractivity contribution in [3.63, 3.8) is 0 Å². The Morgan fingerprint density at radius 3 is 2.12 bits per heavy atom. The van der Waals surface area contributed by atoms with Crippen molar-refractivity contribution in [2.75, 3.05) is 42.1 Å². The standard InChI is InChI=1S/C32H45F3N4.C2H6/c1-5-31(3,4)25-8-11-28(12-9-25)39-18-14-24(15-19-39)7-6-23(2)38-20-16-26(17-21-38)37-27-10-13-30(36)29(22-27)32(33,34)35;1-2/h8-13,22,24,26,37H,2,5-7,14-21,36H2,1,3-4H3;1-2H3. The van der Waals surface area contributed by atoms with Crippen molar-refractivity contribution in [3.05, 3.63) is 65.9 Å². The molecule has 0 spiro atoms. The summed E-state index contributed by atoms with van der Waals surface area (Å²) in [5.74, 6) is 0.726. The summed E-state index contributed by atoms with van der Waals surface area (Å²) < 4.78 is 39.6. The molecular formula is C34H51F3N4. The highest BCUT2D eigenvalue weighted by Crippen LogP contribution is 2.36. The number of allylic oxidation sites excluding steroid dienone is 1. The van der Waals surface area contributed by atoms with Crippen LogP contribution in [0.25, 0.3) is 0 Å². The second-order valence-corrected chi connectivity index (χ2v) is 12.0. The van der Waals surface area contributed by atoms with Gasteiger partial charge in [-0.1, -0.05) is 53.3 Å². The van der Waals surface area contributed by atoms with Crippen LogP contribution in [0.2, 0.25) is 0 Å². The van der Waals surface area contributed by atoms with Crippen molar-refractivity contribution in [1.29, 1.82) is 0 Å². The zero-order chi connectivity index (χ0) is 30.2. The summed E-state index contributed by atoms with van der Waals surface area (Å²) in [6.45, 7) is 19.2. The number of nitrogens with zero attached hydrogens (tertiary/aromatic N) is 2. The van der Waals surface area contributed by atoms with Crippen molar-refractivity contribution >= 4 is 17.1 Å². The van der Waals surface area contributed by atoms with Gasteiger partial charge in [0.05, 0.1) is 5.56 Å². The van der Waals surface area contributed by atoms with Gasteiger partial charge in [-0.25, -0.2) is 0 Å². The quantitative estimate of drug-likeness (QED) is 0.294. The minimum Gasteiger partial charge on any atom is -0.398 e. The van der Waals surface area contributed by atoms with Crippen LogP contribution >= 0.6 is 0 Å². The van der Waals surface area contributed by atoms with Gasteiger partial charge in [-0.15, -0.1) is 0 Å². The fourth-order valence-corrected chi connectivity index (χ4v) is 5.80. The molecule has 0 atom stereocenters. The molecule has 2 saturated heterocycles. The Morgan fingerprint density at radius 1 is 0.951 bits per heavy atom. The number of alkyl halides is 3. The molecule has 0 unspecified atom stereocenters. The Balaban J connectivity index is 0.00000226. The highest BCUT2D eigenvalue weighted by Gasteiger charge is 2.33. The molecular weight excluding hydrogens is 521 g/mol. The first-order valence-electron chi connectivity index (χ1n) is 15.5. The topological polar surface area (TPSA) is 44.5 Å². The number of nitrogens with one attached hydrogen (secondary N) is 1. The molecule has 2 fully saturated rings. The zero-order valence-electron chi connectivity index (χ0n) is 25.8. The molecule has 2 aliphatic heterocycles. The second-order valence-electron chi connectivity index (χ2n) is 12.0. The number of likely N-dealkylation sites (tertiary alicyclic amines) is 1. The lowest BCUT2D eigenvalue weighted by atomic mass is 9.82. The Labute approximate surface area is 246 Å². The third kappa shape index (κ3) is 8.83. The summed E-state index contributed by atoms with van der Waals surface area (Å²) in [4.78, 5) is 4.88. The lowest BCUT2D eigenvalue weighted by Gasteiger charge is -2.37. The first-order valence-corrected chi connectivity index (χ1v) is 15.5. The SMILES string of the molecule is C=C(CCC1CCN(c2ccc(C(C)(C)CC)cc2)CC1)N1CCC(Nc2ccc(N)c(C(F)(F)F)c2)CC1.CC. The lowest BCUT2D eigenvalue weighted by molar-refractivity contribution is -0.136. The van der Waals surface area contributed by atoms with Crippen LogP contribution in [0.5, 0.6) is 0 Å². The van der Waals surface area contributed by atoms with Crippen molar-refractivity contribution < 1.29 is 13.2 Å². The van der Waals surface area contributed by atoms with Gasteiger partial charge in [-0.05, 0) is 92.2 Å². The number of hydrogen-bond donors (Lipinski definition) is 2. The Morgan fingerprint density at radius 2 is 1.56 bits per heavy atom. The van der Waals surface area contributed by atoms with Crippen LogP contribution in [0.3, 0.4) is 0 Å². The van der Waals surface area contributed by atoms with E-state index in [9.17, 15) is 13.2 Å². The molecule has 0 saturated carbocycles. The first-order chi connectivity index (χ1) is 19.5. The maximum absolute atomic E-state index is 13.2. The maximum Gasteiger partial charge on any atom is 0.418 e. The predicted molar refractivity (Wildman–Crippen MR) is 168 cm³/mol. The normalized spacial score (nSPS) is 17.2. The van der Waals surface area contributed by atoms with Crippen LogP contribution in [0.15, 0.2) is 54.7 Å². The molecule has 0 amide bonds. The number of benzene rings is 2. The van der Waals surface area contributed by atoms with Gasteiger partial charge in [-0.2, -0.15) is 13.2 Å². The molecule has 0 aromatic heterocycles. The van der Waals surface area contributed by atoms with E-state index in [0.29, 0.717) is 5.69 Å². The Hall–Kier alpha value is -2.83. The van der Waals surface area contributed by atoms with Crippen molar-refractivity contribution in [1.82, 2.24) is 4.90 Å². The smallest absolute Gasteiger partial charge is 0.398 e. The van der Waals surface area contributed by atoms with Crippen LogP contribution in [-0.2, 0) is 11.6 Å². The van der Waals surface area contributed by atoms with Crippen LogP contribution in [-0.4, -0.2) is 37.1 Å². The molecule has 2 heterocycles. The molecule has 0 radical (unpaired) electrons. The van der Waals surface area contributed by atoms with Gasteiger partial charge in [0, 0.05) is 55.0 Å². The highest BCUT2D eigenvalue weighted by molar-refractivity contribution is 5.58. The monoisotopic (exact) mass is 572 g/mol. The van der Waals surface area contributed by atoms with E-state index in [1.54, 1.807) is 6.07 Å². The van der Waals surface area contributed by atoms with Gasteiger partial charge in [0.15, 0.2) is 0 Å². The molecule has 0 bridgehead atoms. The Bertz CT molecular complexity index is 1090. The third-order valence-corrected chi connectivity index (χ3v) is 9.03. The number of nitrogen functional groups attached to an aromatic ring is 1. The van der Waals surface area contributed by atoms with Gasteiger partial charge in [0.2, 0.25) is 0 Å². The molecule has 2 aromatic rings. The van der Waals surface area contributed by atoms with E-state index in [-0.39, 0.29) is 17.1 Å². The lowest BCUT2D eigenvalue weighted by Crippen LogP contribution is -2.38. The number of anilines is 3. The second kappa shape index (κ2) is 14.4. The summed E-state index contributed by atoms with van der Waals surface area (Å²) in [6, 6.07) is 13.4. The molecule has 4 nitrogen and oxygen atoms in total. The van der Waals surface area contributed by atoms with Crippen molar-refractivity contribution in [3.8, 4) is 0 Å². The van der Waals surface area contributed by atoms with Gasteiger partial charge >= 0.3 is 6.18 Å². The van der Waals surface area contributed by atoms with Crippen LogP contribution in [0, 0.1) is 5.92 Å². The van der Waals surface area contributed by atoms with Crippen molar-refractivity contribution in [2.24, 2.45) is 5.92 Å². The minimum absolute atomic E-state index is 0.144. The van der Waals surface area contributed by atoms with Crippen LogP contribution in [0.1, 0.15) is 90.7 Å². The third-order valence-electron chi connectivity index (χ3n) is 9.03. The first kappa shape index (κ1) is 32.7. The van der Waals surface area contributed by atoms with Gasteiger partial charge in [0.25, 0.3) is 0 Å². The number of hydrogen-bond acceptors (Lipinski definition) is 4. The fourth-order valence-electron chi connectivity index (χ4n) is 5.80. The number of piperidine rings is 2.